The highest BCUT2D eigenvalue weighted by Crippen LogP contribution is 2.30. The van der Waals surface area contributed by atoms with E-state index in [9.17, 15) is 9.59 Å². The Balaban J connectivity index is 1.66. The van der Waals surface area contributed by atoms with Gasteiger partial charge in [-0.15, -0.1) is 0 Å². The lowest BCUT2D eigenvalue weighted by Crippen LogP contribution is -2.26. The van der Waals surface area contributed by atoms with Crippen LogP contribution in [-0.2, 0) is 16.0 Å². The second-order valence-corrected chi connectivity index (χ2v) is 9.41. The van der Waals surface area contributed by atoms with Crippen molar-refractivity contribution in [1.82, 2.24) is 4.98 Å². The van der Waals surface area contributed by atoms with Gasteiger partial charge in [0.15, 0.2) is 17.3 Å². The first kappa shape index (κ1) is 24.5. The molecule has 0 saturated heterocycles. The van der Waals surface area contributed by atoms with Crippen molar-refractivity contribution < 1.29 is 23.5 Å². The van der Waals surface area contributed by atoms with Crippen LogP contribution in [-0.4, -0.2) is 30.5 Å². The number of methoxy groups -OCH3 is 1. The van der Waals surface area contributed by atoms with Gasteiger partial charge in [0.1, 0.15) is 17.9 Å². The zero-order valence-electron chi connectivity index (χ0n) is 20.4. The number of nitrogens with zero attached hydrogens (tertiary/aromatic N) is 1. The Morgan fingerprint density at radius 2 is 1.88 bits per heavy atom. The lowest BCUT2D eigenvalue weighted by molar-refractivity contribution is -0.128. The Morgan fingerprint density at radius 1 is 1.12 bits per heavy atom. The van der Waals surface area contributed by atoms with Crippen molar-refractivity contribution in [3.8, 4) is 5.75 Å². The van der Waals surface area contributed by atoms with Gasteiger partial charge in [0.2, 0.25) is 0 Å². The van der Waals surface area contributed by atoms with Crippen LogP contribution in [0.5, 0.6) is 5.75 Å². The molecule has 3 aromatic rings. The van der Waals surface area contributed by atoms with Crippen LogP contribution in [0.2, 0.25) is 0 Å². The molecule has 6 heteroatoms. The first-order chi connectivity index (χ1) is 15.6. The van der Waals surface area contributed by atoms with Crippen molar-refractivity contribution >= 4 is 22.9 Å². The van der Waals surface area contributed by atoms with Gasteiger partial charge in [0, 0.05) is 11.8 Å². The molecule has 0 aliphatic carbocycles. The number of aryl methyl sites for hydroxylation is 2. The molecule has 1 aromatic heterocycles. The van der Waals surface area contributed by atoms with Crippen molar-refractivity contribution in [1.29, 1.82) is 0 Å². The van der Waals surface area contributed by atoms with E-state index in [0.29, 0.717) is 29.4 Å². The summed E-state index contributed by atoms with van der Waals surface area (Å²) in [5.74, 6) is 1.42. The Bertz CT molecular complexity index is 1140. The van der Waals surface area contributed by atoms with E-state index >= 15 is 0 Å². The van der Waals surface area contributed by atoms with Crippen molar-refractivity contribution in [2.45, 2.75) is 59.8 Å². The number of esters is 1. The highest BCUT2D eigenvalue weighted by molar-refractivity contribution is 5.93. The van der Waals surface area contributed by atoms with E-state index in [1.54, 1.807) is 18.2 Å². The molecule has 1 heterocycles. The van der Waals surface area contributed by atoms with Gasteiger partial charge in [-0.1, -0.05) is 39.8 Å². The van der Waals surface area contributed by atoms with E-state index in [4.69, 9.17) is 13.9 Å². The van der Waals surface area contributed by atoms with Gasteiger partial charge in [-0.3, -0.25) is 4.79 Å². The van der Waals surface area contributed by atoms with E-state index in [0.717, 1.165) is 29.7 Å². The number of ketones is 1. The second kappa shape index (κ2) is 10.2. The third-order valence-electron chi connectivity index (χ3n) is 5.92. The van der Waals surface area contributed by atoms with Gasteiger partial charge in [0.05, 0.1) is 12.7 Å². The van der Waals surface area contributed by atoms with Crippen LogP contribution in [0.1, 0.15) is 73.8 Å². The number of carbonyl (C=O) groups is 2. The fourth-order valence-electron chi connectivity index (χ4n) is 3.68. The van der Waals surface area contributed by atoms with Gasteiger partial charge in [0.25, 0.3) is 0 Å². The van der Waals surface area contributed by atoms with Crippen LogP contribution in [0.3, 0.4) is 0 Å². The average Bonchev–Trinajstić information content (AvgIpc) is 3.19. The molecule has 0 amide bonds. The summed E-state index contributed by atoms with van der Waals surface area (Å²) in [7, 11) is 1.36. The van der Waals surface area contributed by atoms with E-state index in [-0.39, 0.29) is 12.4 Å². The van der Waals surface area contributed by atoms with Gasteiger partial charge in [-0.05, 0) is 61.1 Å². The maximum Gasteiger partial charge on any atom is 0.337 e. The van der Waals surface area contributed by atoms with Crippen molar-refractivity contribution in [3.63, 3.8) is 0 Å². The maximum absolute atomic E-state index is 12.2. The minimum absolute atomic E-state index is 0.0782. The molecule has 1 atom stereocenters. The number of oxazole rings is 1. The molecule has 0 fully saturated rings. The Hall–Kier alpha value is -3.15. The van der Waals surface area contributed by atoms with Crippen LogP contribution < -0.4 is 4.74 Å². The number of aromatic nitrogens is 1. The smallest absolute Gasteiger partial charge is 0.337 e. The molecule has 0 aliphatic rings. The zero-order valence-corrected chi connectivity index (χ0v) is 20.4. The number of carbonyl (C=O) groups excluding carboxylic acids is 2. The molecule has 0 aliphatic heterocycles. The van der Waals surface area contributed by atoms with Crippen molar-refractivity contribution in [2.75, 3.05) is 13.7 Å². The van der Waals surface area contributed by atoms with Crippen molar-refractivity contribution in [2.24, 2.45) is 5.41 Å². The summed E-state index contributed by atoms with van der Waals surface area (Å²) in [6.45, 7) is 9.95. The molecule has 176 valence electrons. The number of rotatable bonds is 9. The van der Waals surface area contributed by atoms with Crippen molar-refractivity contribution in [3.05, 3.63) is 59.0 Å². The molecule has 3 rings (SSSR count). The highest BCUT2D eigenvalue weighted by atomic mass is 16.5. The molecule has 0 saturated carbocycles. The van der Waals surface area contributed by atoms with Gasteiger partial charge >= 0.3 is 5.97 Å². The minimum atomic E-state index is -0.410. The quantitative estimate of drug-likeness (QED) is 0.369. The summed E-state index contributed by atoms with van der Waals surface area (Å²) < 4.78 is 16.4. The minimum Gasteiger partial charge on any atom is -0.486 e. The summed E-state index contributed by atoms with van der Waals surface area (Å²) in [6.07, 6.45) is 2.56. The van der Waals surface area contributed by atoms with Crippen LogP contribution in [0, 0.1) is 12.3 Å². The summed E-state index contributed by atoms with van der Waals surface area (Å²) in [6, 6.07) is 11.3. The third-order valence-corrected chi connectivity index (χ3v) is 5.92. The predicted molar refractivity (Wildman–Crippen MR) is 128 cm³/mol. The number of benzene rings is 2. The Kier molecular flexibility index (Phi) is 7.57. The fourth-order valence-corrected chi connectivity index (χ4v) is 3.68. The Morgan fingerprint density at radius 3 is 2.52 bits per heavy atom. The Labute approximate surface area is 195 Å². The van der Waals surface area contributed by atoms with E-state index in [1.807, 2.05) is 33.8 Å². The number of hydrogen-bond acceptors (Lipinski definition) is 6. The third kappa shape index (κ3) is 6.01. The second-order valence-electron chi connectivity index (χ2n) is 9.41. The molecule has 2 aromatic carbocycles. The van der Waals surface area contributed by atoms with E-state index in [2.05, 4.69) is 24.0 Å². The monoisotopic (exact) mass is 451 g/mol. The number of fused-ring (bicyclic) bond motifs is 1. The molecule has 0 N–H and O–H groups in total. The molecule has 6 nitrogen and oxygen atoms in total. The SMILES string of the molecule is CCC(CCc1nc2ccc(C(=O)OC)cc2o1)c1ccc(OCC(=O)C(C)(C)C)c(C)c1. The summed E-state index contributed by atoms with van der Waals surface area (Å²) in [5, 5.41) is 0. The molecule has 0 radical (unpaired) electrons. The standard InChI is InChI=1S/C27H33NO5/c1-7-18(19-9-12-22(17(2)14-19)32-16-24(29)27(3,4)5)10-13-25-28-21-11-8-20(26(30)31-6)15-23(21)33-25/h8-9,11-12,14-15,18H,7,10,13,16H2,1-6H3. The molecule has 0 bridgehead atoms. The van der Waals surface area contributed by atoms with E-state index in [1.165, 1.54) is 12.7 Å². The van der Waals surface area contributed by atoms with Crippen LogP contribution in [0.25, 0.3) is 11.1 Å². The zero-order chi connectivity index (χ0) is 24.2. The van der Waals surface area contributed by atoms with Gasteiger partial charge in [-0.25, -0.2) is 9.78 Å². The normalized spacial score (nSPS) is 12.5. The van der Waals surface area contributed by atoms with E-state index < -0.39 is 11.4 Å². The number of hydrogen-bond donors (Lipinski definition) is 0. The lowest BCUT2D eigenvalue weighted by atomic mass is 9.90. The first-order valence-corrected chi connectivity index (χ1v) is 11.4. The predicted octanol–water partition coefficient (Wildman–Crippen LogP) is 6.04. The molecule has 33 heavy (non-hydrogen) atoms. The topological polar surface area (TPSA) is 78.6 Å². The first-order valence-electron chi connectivity index (χ1n) is 11.4. The summed E-state index contributed by atoms with van der Waals surface area (Å²) >= 11 is 0. The highest BCUT2D eigenvalue weighted by Gasteiger charge is 2.22. The average molecular weight is 452 g/mol. The molecular formula is C27H33NO5. The molecular weight excluding hydrogens is 418 g/mol. The summed E-state index contributed by atoms with van der Waals surface area (Å²) in [5.41, 5.74) is 3.60. The van der Waals surface area contributed by atoms with Crippen LogP contribution in [0.4, 0.5) is 0 Å². The molecule has 1 unspecified atom stereocenters. The number of ether oxygens (including phenoxy) is 2. The van der Waals surface area contributed by atoms with Gasteiger partial charge in [-0.2, -0.15) is 0 Å². The van der Waals surface area contributed by atoms with Crippen LogP contribution >= 0.6 is 0 Å². The van der Waals surface area contributed by atoms with Crippen LogP contribution in [0.15, 0.2) is 40.8 Å². The largest absolute Gasteiger partial charge is 0.486 e. The van der Waals surface area contributed by atoms with Gasteiger partial charge < -0.3 is 13.9 Å². The fraction of sp³-hybridized carbons (Fsp3) is 0.444. The maximum atomic E-state index is 12.2. The molecule has 0 spiro atoms. The lowest BCUT2D eigenvalue weighted by Gasteiger charge is -2.19. The summed E-state index contributed by atoms with van der Waals surface area (Å²) in [4.78, 5) is 28.5. The number of Topliss-reactive ketones (excluding diaryl/α,β-unsaturated/α-hetero) is 1.